The van der Waals surface area contributed by atoms with E-state index in [0.29, 0.717) is 12.5 Å². The van der Waals surface area contributed by atoms with Crippen LogP contribution in [0.15, 0.2) is 66.9 Å². The molecule has 2 N–H and O–H groups in total. The molecule has 0 amide bonds. The van der Waals surface area contributed by atoms with E-state index in [0.717, 1.165) is 25.2 Å². The third-order valence-corrected chi connectivity index (χ3v) is 3.64. The predicted octanol–water partition coefficient (Wildman–Crippen LogP) is 3.53. The van der Waals surface area contributed by atoms with Gasteiger partial charge in [0.2, 0.25) is 5.95 Å². The molecule has 0 bridgehead atoms. The summed E-state index contributed by atoms with van der Waals surface area (Å²) in [5.74, 6) is 1.28. The van der Waals surface area contributed by atoms with Gasteiger partial charge >= 0.3 is 0 Å². The van der Waals surface area contributed by atoms with Gasteiger partial charge in [-0.25, -0.2) is 0 Å². The second-order valence-corrected chi connectivity index (χ2v) is 5.52. The summed E-state index contributed by atoms with van der Waals surface area (Å²) in [5.41, 5.74) is 2.53. The van der Waals surface area contributed by atoms with Crippen LogP contribution in [0.25, 0.3) is 0 Å². The summed E-state index contributed by atoms with van der Waals surface area (Å²) in [5, 5.41) is 14.5. The van der Waals surface area contributed by atoms with Crippen LogP contribution in [0, 0.1) is 0 Å². The minimum atomic E-state index is 0.534. The normalized spacial score (nSPS) is 10.3. The standard InChI is InChI=1S/C19H21N5/c1-3-8-16(9-4-1)12-7-13-20-18-15-22-24-19(23-18)21-14-17-10-5-2-6-11-17/h1-6,8-11,15H,7,12-14H2,(H2,20,21,23,24). The Labute approximate surface area is 142 Å². The van der Waals surface area contributed by atoms with Gasteiger partial charge in [-0.05, 0) is 24.0 Å². The SMILES string of the molecule is c1ccc(CCCNc2cnnc(NCc3ccccc3)n2)cc1. The van der Waals surface area contributed by atoms with E-state index in [1.807, 2.05) is 24.3 Å². The summed E-state index contributed by atoms with van der Waals surface area (Å²) in [4.78, 5) is 4.44. The summed E-state index contributed by atoms with van der Waals surface area (Å²) >= 11 is 0. The molecule has 2 aromatic carbocycles. The van der Waals surface area contributed by atoms with Gasteiger partial charge in [0.15, 0.2) is 0 Å². The smallest absolute Gasteiger partial charge is 0.244 e. The summed E-state index contributed by atoms with van der Waals surface area (Å²) in [6, 6.07) is 20.6. The summed E-state index contributed by atoms with van der Waals surface area (Å²) in [6.07, 6.45) is 3.74. The van der Waals surface area contributed by atoms with Gasteiger partial charge in [0.1, 0.15) is 5.82 Å². The van der Waals surface area contributed by atoms with Gasteiger partial charge in [-0.15, -0.1) is 5.10 Å². The van der Waals surface area contributed by atoms with Crippen molar-refractivity contribution >= 4 is 11.8 Å². The van der Waals surface area contributed by atoms with Crippen molar-refractivity contribution in [2.75, 3.05) is 17.2 Å². The molecule has 0 saturated carbocycles. The molecule has 0 aliphatic carbocycles. The molecule has 3 rings (SSSR count). The first-order valence-electron chi connectivity index (χ1n) is 8.15. The number of rotatable bonds is 8. The van der Waals surface area contributed by atoms with Crippen molar-refractivity contribution in [2.45, 2.75) is 19.4 Å². The molecule has 5 heteroatoms. The van der Waals surface area contributed by atoms with E-state index in [2.05, 4.69) is 62.2 Å². The van der Waals surface area contributed by atoms with Gasteiger partial charge in [0.25, 0.3) is 0 Å². The Morgan fingerprint density at radius 3 is 2.25 bits per heavy atom. The maximum Gasteiger partial charge on any atom is 0.244 e. The number of aryl methyl sites for hydroxylation is 1. The Kier molecular flexibility index (Phi) is 5.72. The second-order valence-electron chi connectivity index (χ2n) is 5.52. The first kappa shape index (κ1) is 15.9. The zero-order chi connectivity index (χ0) is 16.5. The van der Waals surface area contributed by atoms with Crippen molar-refractivity contribution in [3.05, 3.63) is 78.0 Å². The fourth-order valence-corrected chi connectivity index (χ4v) is 2.39. The monoisotopic (exact) mass is 319 g/mol. The molecular formula is C19H21N5. The third-order valence-electron chi connectivity index (χ3n) is 3.64. The first-order valence-corrected chi connectivity index (χ1v) is 8.15. The summed E-state index contributed by atoms with van der Waals surface area (Å²) in [6.45, 7) is 1.53. The van der Waals surface area contributed by atoms with Crippen LogP contribution >= 0.6 is 0 Å². The van der Waals surface area contributed by atoms with E-state index >= 15 is 0 Å². The molecule has 3 aromatic rings. The van der Waals surface area contributed by atoms with Gasteiger partial charge in [-0.2, -0.15) is 10.1 Å². The molecule has 0 radical (unpaired) electrons. The molecule has 24 heavy (non-hydrogen) atoms. The highest BCUT2D eigenvalue weighted by molar-refractivity contribution is 5.37. The Morgan fingerprint density at radius 1 is 0.792 bits per heavy atom. The Hall–Kier alpha value is -2.95. The molecule has 0 saturated heterocycles. The molecule has 0 spiro atoms. The Balaban J connectivity index is 1.45. The van der Waals surface area contributed by atoms with Crippen molar-refractivity contribution in [2.24, 2.45) is 0 Å². The van der Waals surface area contributed by atoms with Crippen LogP contribution in [-0.4, -0.2) is 21.7 Å². The molecule has 5 nitrogen and oxygen atoms in total. The highest BCUT2D eigenvalue weighted by Gasteiger charge is 2.00. The Bertz CT molecular complexity index is 731. The molecule has 122 valence electrons. The number of hydrogen-bond acceptors (Lipinski definition) is 5. The van der Waals surface area contributed by atoms with E-state index in [1.165, 1.54) is 11.1 Å². The quantitative estimate of drug-likeness (QED) is 0.622. The lowest BCUT2D eigenvalue weighted by atomic mass is 10.1. The number of anilines is 2. The van der Waals surface area contributed by atoms with E-state index in [1.54, 1.807) is 6.20 Å². The van der Waals surface area contributed by atoms with Crippen LogP contribution in [0.5, 0.6) is 0 Å². The number of nitrogens with one attached hydrogen (secondary N) is 2. The van der Waals surface area contributed by atoms with E-state index in [4.69, 9.17) is 0 Å². The minimum absolute atomic E-state index is 0.534. The fourth-order valence-electron chi connectivity index (χ4n) is 2.39. The third kappa shape index (κ3) is 5.05. The molecular weight excluding hydrogens is 298 g/mol. The van der Waals surface area contributed by atoms with Crippen molar-refractivity contribution < 1.29 is 0 Å². The number of aromatic nitrogens is 3. The lowest BCUT2D eigenvalue weighted by Crippen LogP contribution is -2.09. The molecule has 1 heterocycles. The predicted molar refractivity (Wildman–Crippen MR) is 96.8 cm³/mol. The molecule has 0 aliphatic heterocycles. The zero-order valence-electron chi connectivity index (χ0n) is 13.5. The van der Waals surface area contributed by atoms with E-state index in [9.17, 15) is 0 Å². The van der Waals surface area contributed by atoms with Gasteiger partial charge < -0.3 is 10.6 Å². The van der Waals surface area contributed by atoms with Crippen LogP contribution < -0.4 is 10.6 Å². The van der Waals surface area contributed by atoms with Gasteiger partial charge in [0, 0.05) is 13.1 Å². The molecule has 0 unspecified atom stereocenters. The lowest BCUT2D eigenvalue weighted by molar-refractivity contribution is 0.851. The number of benzene rings is 2. The van der Waals surface area contributed by atoms with E-state index in [-0.39, 0.29) is 0 Å². The number of nitrogens with zero attached hydrogens (tertiary/aromatic N) is 3. The van der Waals surface area contributed by atoms with Gasteiger partial charge in [-0.1, -0.05) is 60.7 Å². The van der Waals surface area contributed by atoms with Gasteiger partial charge in [-0.3, -0.25) is 0 Å². The highest BCUT2D eigenvalue weighted by Crippen LogP contribution is 2.07. The lowest BCUT2D eigenvalue weighted by Gasteiger charge is -2.08. The van der Waals surface area contributed by atoms with Crippen LogP contribution in [0.2, 0.25) is 0 Å². The van der Waals surface area contributed by atoms with Crippen LogP contribution in [0.1, 0.15) is 17.5 Å². The van der Waals surface area contributed by atoms with Crippen LogP contribution in [0.4, 0.5) is 11.8 Å². The molecule has 0 atom stereocenters. The second kappa shape index (κ2) is 8.62. The molecule has 0 fully saturated rings. The fraction of sp³-hybridized carbons (Fsp3) is 0.211. The highest BCUT2D eigenvalue weighted by atomic mass is 15.3. The Morgan fingerprint density at radius 2 is 1.50 bits per heavy atom. The largest absolute Gasteiger partial charge is 0.369 e. The first-order chi connectivity index (χ1) is 11.9. The maximum absolute atomic E-state index is 4.44. The zero-order valence-corrected chi connectivity index (χ0v) is 13.5. The average molecular weight is 319 g/mol. The molecule has 1 aromatic heterocycles. The van der Waals surface area contributed by atoms with Gasteiger partial charge in [0.05, 0.1) is 6.20 Å². The molecule has 0 aliphatic rings. The topological polar surface area (TPSA) is 62.7 Å². The maximum atomic E-state index is 4.44. The minimum Gasteiger partial charge on any atom is -0.369 e. The van der Waals surface area contributed by atoms with Crippen molar-refractivity contribution in [3.8, 4) is 0 Å². The summed E-state index contributed by atoms with van der Waals surface area (Å²) in [7, 11) is 0. The van der Waals surface area contributed by atoms with Crippen molar-refractivity contribution in [3.63, 3.8) is 0 Å². The number of hydrogen-bond donors (Lipinski definition) is 2. The van der Waals surface area contributed by atoms with Crippen molar-refractivity contribution in [1.29, 1.82) is 0 Å². The van der Waals surface area contributed by atoms with Crippen LogP contribution in [0.3, 0.4) is 0 Å². The van der Waals surface area contributed by atoms with Crippen LogP contribution in [-0.2, 0) is 13.0 Å². The summed E-state index contributed by atoms with van der Waals surface area (Å²) < 4.78 is 0. The van der Waals surface area contributed by atoms with Crippen molar-refractivity contribution in [1.82, 2.24) is 15.2 Å². The average Bonchev–Trinajstić information content (AvgIpc) is 2.66. The van der Waals surface area contributed by atoms with E-state index < -0.39 is 0 Å².